The Morgan fingerprint density at radius 1 is 0.833 bits per heavy atom. The first kappa shape index (κ1) is 11.6. The van der Waals surface area contributed by atoms with Crippen molar-refractivity contribution in [1.82, 2.24) is 0 Å². The normalized spacial score (nSPS) is 12.8. The molecule has 0 unspecified atom stereocenters. The van der Waals surface area contributed by atoms with Gasteiger partial charge in [-0.1, -0.05) is 0 Å². The highest BCUT2D eigenvalue weighted by Gasteiger charge is 2.65. The average molecular weight is 227 g/mol. The first-order valence-electron chi connectivity index (χ1n) is 2.29. The van der Waals surface area contributed by atoms with Crippen molar-refractivity contribution in [2.75, 3.05) is 0 Å². The molecule has 12 heavy (non-hydrogen) atoms. The highest BCUT2D eigenvalue weighted by molar-refractivity contribution is 6.68. The third-order valence-corrected chi connectivity index (χ3v) is 1.36. The zero-order valence-electron chi connectivity index (χ0n) is 5.08. The van der Waals surface area contributed by atoms with Crippen LogP contribution in [0.4, 0.5) is 17.6 Å². The molecular weight excluding hydrogens is 227 g/mol. The molecule has 0 fully saturated rings. The van der Waals surface area contributed by atoms with Crippen molar-refractivity contribution in [3.63, 3.8) is 0 Å². The van der Waals surface area contributed by atoms with Gasteiger partial charge in [0.25, 0.3) is 10.5 Å². The zero-order chi connectivity index (χ0) is 10.2. The standard InChI is InChI=1S/C4Cl2F4O2/c5-1(11)3(7,8)4(9,10)2(6)12. The van der Waals surface area contributed by atoms with E-state index in [2.05, 4.69) is 23.2 Å². The van der Waals surface area contributed by atoms with Crippen molar-refractivity contribution in [3.8, 4) is 0 Å². The summed E-state index contributed by atoms with van der Waals surface area (Å²) in [4.78, 5) is 19.5. The molecule has 0 aliphatic carbocycles. The van der Waals surface area contributed by atoms with Gasteiger partial charge in [0.15, 0.2) is 0 Å². The van der Waals surface area contributed by atoms with E-state index in [1.54, 1.807) is 0 Å². The Balaban J connectivity index is 5.01. The minimum Gasteiger partial charge on any atom is -0.274 e. The maximum atomic E-state index is 12.0. The Bertz CT molecular complexity index is 203. The summed E-state index contributed by atoms with van der Waals surface area (Å²) in [7, 11) is 0. The number of rotatable bonds is 3. The fraction of sp³-hybridized carbons (Fsp3) is 0.500. The fourth-order valence-corrected chi connectivity index (χ4v) is 0.484. The molecule has 0 saturated heterocycles. The van der Waals surface area contributed by atoms with Gasteiger partial charge in [-0.25, -0.2) is 0 Å². The molecule has 0 aromatic rings. The van der Waals surface area contributed by atoms with Crippen LogP contribution in [-0.2, 0) is 9.59 Å². The summed E-state index contributed by atoms with van der Waals surface area (Å²) in [5.41, 5.74) is 0. The minimum absolute atomic E-state index is 2.64. The highest BCUT2D eigenvalue weighted by Crippen LogP contribution is 2.37. The molecule has 0 bridgehead atoms. The quantitative estimate of drug-likeness (QED) is 0.544. The predicted octanol–water partition coefficient (Wildman–Crippen LogP) is 1.79. The number of alkyl halides is 4. The van der Waals surface area contributed by atoms with E-state index >= 15 is 0 Å². The first-order valence-corrected chi connectivity index (χ1v) is 3.05. The Hall–Kier alpha value is -0.360. The van der Waals surface area contributed by atoms with Crippen molar-refractivity contribution < 1.29 is 27.2 Å². The molecule has 0 radical (unpaired) electrons. The van der Waals surface area contributed by atoms with Gasteiger partial charge in [-0.05, 0) is 23.2 Å². The van der Waals surface area contributed by atoms with Gasteiger partial charge in [0, 0.05) is 0 Å². The lowest BCUT2D eigenvalue weighted by atomic mass is 10.2. The van der Waals surface area contributed by atoms with E-state index in [1.165, 1.54) is 0 Å². The predicted molar refractivity (Wildman–Crippen MR) is 31.6 cm³/mol. The van der Waals surface area contributed by atoms with E-state index in [4.69, 9.17) is 0 Å². The summed E-state index contributed by atoms with van der Waals surface area (Å²) in [5, 5.41) is -5.27. The molecule has 70 valence electrons. The number of carbonyl (C=O) groups is 2. The van der Waals surface area contributed by atoms with E-state index in [9.17, 15) is 27.2 Å². The van der Waals surface area contributed by atoms with Gasteiger partial charge in [-0.3, -0.25) is 9.59 Å². The van der Waals surface area contributed by atoms with Gasteiger partial charge in [0.1, 0.15) is 0 Å². The van der Waals surface area contributed by atoms with Gasteiger partial charge in [-0.15, -0.1) is 0 Å². The summed E-state index contributed by atoms with van der Waals surface area (Å²) in [5.74, 6) is -10.5. The molecule has 0 aliphatic rings. The van der Waals surface area contributed by atoms with Crippen LogP contribution in [0.2, 0.25) is 0 Å². The highest BCUT2D eigenvalue weighted by atomic mass is 35.5. The summed E-state index contributed by atoms with van der Waals surface area (Å²) in [6.45, 7) is 0. The SMILES string of the molecule is O=C(Cl)C(F)(F)C(F)(F)C(=O)Cl. The van der Waals surface area contributed by atoms with Gasteiger partial charge < -0.3 is 0 Å². The topological polar surface area (TPSA) is 34.1 Å². The van der Waals surface area contributed by atoms with Crippen LogP contribution in [-0.4, -0.2) is 22.3 Å². The van der Waals surface area contributed by atoms with Crippen molar-refractivity contribution >= 4 is 33.7 Å². The van der Waals surface area contributed by atoms with Crippen LogP contribution in [0.1, 0.15) is 0 Å². The second kappa shape index (κ2) is 3.18. The monoisotopic (exact) mass is 226 g/mol. The lowest BCUT2D eigenvalue weighted by Gasteiger charge is -2.18. The molecule has 0 atom stereocenters. The van der Waals surface area contributed by atoms with E-state index in [1.807, 2.05) is 0 Å². The number of halogens is 6. The van der Waals surface area contributed by atoms with Crippen LogP contribution in [0.25, 0.3) is 0 Å². The molecule has 0 saturated carbocycles. The molecule has 0 aromatic carbocycles. The second-order valence-corrected chi connectivity index (χ2v) is 2.38. The van der Waals surface area contributed by atoms with E-state index in [-0.39, 0.29) is 0 Å². The molecule has 0 spiro atoms. The molecule has 0 heterocycles. The Labute approximate surface area is 73.4 Å². The van der Waals surface area contributed by atoms with Crippen molar-refractivity contribution in [2.45, 2.75) is 11.8 Å². The molecular formula is C4Cl2F4O2. The maximum absolute atomic E-state index is 12.0. The van der Waals surface area contributed by atoms with E-state index in [0.29, 0.717) is 0 Å². The summed E-state index contributed by atoms with van der Waals surface area (Å²) in [6.07, 6.45) is 0. The number of hydrogen-bond acceptors (Lipinski definition) is 2. The second-order valence-electron chi connectivity index (χ2n) is 1.70. The first-order chi connectivity index (χ1) is 5.14. The smallest absolute Gasteiger partial charge is 0.274 e. The largest absolute Gasteiger partial charge is 0.390 e. The van der Waals surface area contributed by atoms with Gasteiger partial charge in [0.05, 0.1) is 0 Å². The fourth-order valence-electron chi connectivity index (χ4n) is 0.247. The lowest BCUT2D eigenvalue weighted by molar-refractivity contribution is -0.198. The summed E-state index contributed by atoms with van der Waals surface area (Å²) in [6, 6.07) is 0. The molecule has 0 amide bonds. The van der Waals surface area contributed by atoms with Crippen molar-refractivity contribution in [2.24, 2.45) is 0 Å². The Morgan fingerprint density at radius 2 is 1.00 bits per heavy atom. The van der Waals surface area contributed by atoms with Crippen LogP contribution >= 0.6 is 23.2 Å². The Kier molecular flexibility index (Phi) is 3.08. The molecule has 0 aliphatic heterocycles. The minimum atomic E-state index is -5.27. The van der Waals surface area contributed by atoms with Crippen molar-refractivity contribution in [1.29, 1.82) is 0 Å². The van der Waals surface area contributed by atoms with Crippen LogP contribution in [0.15, 0.2) is 0 Å². The number of hydrogen-bond donors (Lipinski definition) is 0. The van der Waals surface area contributed by atoms with Crippen LogP contribution in [0.3, 0.4) is 0 Å². The number of carbonyl (C=O) groups excluding carboxylic acids is 2. The molecule has 0 N–H and O–H groups in total. The molecule has 0 rings (SSSR count). The molecule has 2 nitrogen and oxygen atoms in total. The van der Waals surface area contributed by atoms with E-state index < -0.39 is 22.3 Å². The van der Waals surface area contributed by atoms with Crippen molar-refractivity contribution in [3.05, 3.63) is 0 Å². The summed E-state index contributed by atoms with van der Waals surface area (Å²) < 4.78 is 48.2. The maximum Gasteiger partial charge on any atom is 0.390 e. The molecule has 0 aromatic heterocycles. The summed E-state index contributed by atoms with van der Waals surface area (Å²) >= 11 is 8.24. The third kappa shape index (κ3) is 1.69. The van der Waals surface area contributed by atoms with Gasteiger partial charge >= 0.3 is 11.8 Å². The van der Waals surface area contributed by atoms with Crippen LogP contribution < -0.4 is 0 Å². The van der Waals surface area contributed by atoms with Gasteiger partial charge in [0.2, 0.25) is 0 Å². The zero-order valence-corrected chi connectivity index (χ0v) is 6.60. The van der Waals surface area contributed by atoms with Gasteiger partial charge in [-0.2, -0.15) is 17.6 Å². The van der Waals surface area contributed by atoms with E-state index in [0.717, 1.165) is 0 Å². The van der Waals surface area contributed by atoms with Crippen LogP contribution in [0.5, 0.6) is 0 Å². The van der Waals surface area contributed by atoms with Crippen LogP contribution in [0, 0.1) is 0 Å². The third-order valence-electron chi connectivity index (χ3n) is 0.888. The molecule has 8 heteroatoms. The average Bonchev–Trinajstić information content (AvgIpc) is 1.86. The lowest BCUT2D eigenvalue weighted by Crippen LogP contribution is -2.49. The Morgan fingerprint density at radius 3 is 1.08 bits per heavy atom.